The monoisotopic (exact) mass is 306 g/mol. The molecule has 0 bridgehead atoms. The highest BCUT2D eigenvalue weighted by atomic mass is 16.3. The van der Waals surface area contributed by atoms with Gasteiger partial charge in [0.2, 0.25) is 5.91 Å². The van der Waals surface area contributed by atoms with Gasteiger partial charge in [-0.1, -0.05) is 0 Å². The molecule has 2 atom stereocenters. The molecule has 3 saturated carbocycles. The molecule has 4 rings (SSSR count). The van der Waals surface area contributed by atoms with E-state index in [2.05, 4.69) is 9.80 Å². The normalized spacial score (nSPS) is 33.6. The summed E-state index contributed by atoms with van der Waals surface area (Å²) in [4.78, 5) is 17.1. The summed E-state index contributed by atoms with van der Waals surface area (Å²) in [7, 11) is 0. The molecule has 1 N–H and O–H groups in total. The second-order valence-corrected chi connectivity index (χ2v) is 8.03. The second kappa shape index (κ2) is 6.12. The Morgan fingerprint density at radius 2 is 1.59 bits per heavy atom. The first-order valence-electron chi connectivity index (χ1n) is 9.42. The molecule has 4 nitrogen and oxygen atoms in total. The maximum Gasteiger partial charge on any atom is 0.222 e. The minimum absolute atomic E-state index is 0.142. The fraction of sp³-hybridized carbons (Fsp3) is 0.944. The van der Waals surface area contributed by atoms with Gasteiger partial charge in [0, 0.05) is 38.6 Å². The van der Waals surface area contributed by atoms with E-state index in [0.717, 1.165) is 63.7 Å². The third-order valence-electron chi connectivity index (χ3n) is 6.45. The van der Waals surface area contributed by atoms with Crippen LogP contribution in [0.1, 0.15) is 51.4 Å². The number of hydrogen-bond donors (Lipinski definition) is 1. The van der Waals surface area contributed by atoms with Crippen molar-refractivity contribution >= 4 is 5.91 Å². The molecule has 4 aliphatic rings. The number of carbonyl (C=O) groups is 1. The third-order valence-corrected chi connectivity index (χ3v) is 6.45. The molecule has 0 aromatic rings. The Kier molecular flexibility index (Phi) is 4.16. The lowest BCUT2D eigenvalue weighted by Crippen LogP contribution is -2.53. The van der Waals surface area contributed by atoms with Crippen LogP contribution in [0.3, 0.4) is 0 Å². The summed E-state index contributed by atoms with van der Waals surface area (Å²) in [5, 5.41) is 10.0. The van der Waals surface area contributed by atoms with Crippen LogP contribution in [0.15, 0.2) is 0 Å². The fourth-order valence-corrected chi connectivity index (χ4v) is 4.75. The summed E-state index contributed by atoms with van der Waals surface area (Å²) < 4.78 is 0. The molecule has 0 unspecified atom stereocenters. The highest BCUT2D eigenvalue weighted by Crippen LogP contribution is 2.50. The van der Waals surface area contributed by atoms with Gasteiger partial charge < -0.3 is 10.0 Å². The van der Waals surface area contributed by atoms with Gasteiger partial charge in [-0.25, -0.2) is 0 Å². The zero-order chi connectivity index (χ0) is 15.1. The second-order valence-electron chi connectivity index (χ2n) is 8.03. The van der Waals surface area contributed by atoms with Gasteiger partial charge in [-0.05, 0) is 62.7 Å². The lowest BCUT2D eigenvalue weighted by molar-refractivity contribution is -0.135. The van der Waals surface area contributed by atoms with Crippen LogP contribution in [0.5, 0.6) is 0 Å². The molecule has 124 valence electrons. The predicted octanol–water partition coefficient (Wildman–Crippen LogP) is 1.87. The number of carbonyl (C=O) groups excluding carboxylic acids is 1. The number of aliphatic hydroxyl groups excluding tert-OH is 1. The smallest absolute Gasteiger partial charge is 0.222 e. The molecule has 1 amide bonds. The van der Waals surface area contributed by atoms with Crippen LogP contribution in [-0.2, 0) is 4.79 Å². The molecule has 4 heteroatoms. The van der Waals surface area contributed by atoms with E-state index in [1.165, 1.54) is 25.7 Å². The fourth-order valence-electron chi connectivity index (χ4n) is 4.75. The lowest BCUT2D eigenvalue weighted by atomic mass is 9.93. The highest BCUT2D eigenvalue weighted by Gasteiger charge is 2.43. The molecule has 1 aliphatic heterocycles. The molecular weight excluding hydrogens is 276 g/mol. The molecule has 0 aromatic carbocycles. The Hall–Kier alpha value is -0.610. The Balaban J connectivity index is 1.26. The number of nitrogens with zero attached hydrogens (tertiary/aromatic N) is 2. The Morgan fingerprint density at radius 3 is 2.09 bits per heavy atom. The summed E-state index contributed by atoms with van der Waals surface area (Å²) in [5.41, 5.74) is 0. The lowest BCUT2D eigenvalue weighted by Gasteiger charge is -2.39. The Labute approximate surface area is 133 Å². The molecule has 1 heterocycles. The third kappa shape index (κ3) is 3.18. The summed E-state index contributed by atoms with van der Waals surface area (Å²) in [5.74, 6) is 2.83. The molecule has 22 heavy (non-hydrogen) atoms. The van der Waals surface area contributed by atoms with E-state index in [1.807, 2.05) is 0 Å². The summed E-state index contributed by atoms with van der Waals surface area (Å²) in [6.07, 6.45) is 9.34. The zero-order valence-corrected chi connectivity index (χ0v) is 13.6. The van der Waals surface area contributed by atoms with Gasteiger partial charge in [-0.2, -0.15) is 0 Å². The van der Waals surface area contributed by atoms with Crippen molar-refractivity contribution < 1.29 is 9.90 Å². The van der Waals surface area contributed by atoms with Crippen LogP contribution in [-0.4, -0.2) is 59.1 Å². The Morgan fingerprint density at radius 1 is 0.955 bits per heavy atom. The van der Waals surface area contributed by atoms with Crippen LogP contribution >= 0.6 is 0 Å². The molecule has 0 radical (unpaired) electrons. The van der Waals surface area contributed by atoms with E-state index >= 15 is 0 Å². The molecule has 0 spiro atoms. The van der Waals surface area contributed by atoms with Crippen LogP contribution in [0.4, 0.5) is 0 Å². The molecule has 0 aromatic heterocycles. The van der Waals surface area contributed by atoms with E-state index in [0.29, 0.717) is 17.9 Å². The SMILES string of the molecule is O=C(CC(C1CC1)C1CC1)N1CCN([C@H]2CCC[C@H]2O)CC1. The van der Waals surface area contributed by atoms with Gasteiger partial charge in [0.1, 0.15) is 0 Å². The number of aliphatic hydroxyl groups is 1. The minimum Gasteiger partial charge on any atom is -0.391 e. The van der Waals surface area contributed by atoms with E-state index in [4.69, 9.17) is 0 Å². The van der Waals surface area contributed by atoms with Gasteiger partial charge >= 0.3 is 0 Å². The maximum atomic E-state index is 12.6. The summed E-state index contributed by atoms with van der Waals surface area (Å²) in [6, 6.07) is 0.350. The van der Waals surface area contributed by atoms with Crippen LogP contribution < -0.4 is 0 Å². The van der Waals surface area contributed by atoms with Crippen molar-refractivity contribution in [2.45, 2.75) is 63.5 Å². The number of piperazine rings is 1. The van der Waals surface area contributed by atoms with Crippen LogP contribution in [0, 0.1) is 17.8 Å². The van der Waals surface area contributed by atoms with Gasteiger partial charge in [0.25, 0.3) is 0 Å². The predicted molar refractivity (Wildman–Crippen MR) is 85.4 cm³/mol. The minimum atomic E-state index is -0.142. The van der Waals surface area contributed by atoms with E-state index in [-0.39, 0.29) is 6.10 Å². The van der Waals surface area contributed by atoms with Gasteiger partial charge in [0.15, 0.2) is 0 Å². The van der Waals surface area contributed by atoms with Gasteiger partial charge in [-0.3, -0.25) is 9.69 Å². The van der Waals surface area contributed by atoms with Crippen molar-refractivity contribution in [3.63, 3.8) is 0 Å². The van der Waals surface area contributed by atoms with Crippen molar-refractivity contribution in [2.24, 2.45) is 17.8 Å². The quantitative estimate of drug-likeness (QED) is 0.843. The van der Waals surface area contributed by atoms with Crippen LogP contribution in [0.25, 0.3) is 0 Å². The van der Waals surface area contributed by atoms with Crippen molar-refractivity contribution in [1.82, 2.24) is 9.80 Å². The first-order chi connectivity index (χ1) is 10.7. The van der Waals surface area contributed by atoms with Crippen molar-refractivity contribution in [2.75, 3.05) is 26.2 Å². The summed E-state index contributed by atoms with van der Waals surface area (Å²) >= 11 is 0. The van der Waals surface area contributed by atoms with E-state index in [1.54, 1.807) is 0 Å². The number of hydrogen-bond acceptors (Lipinski definition) is 3. The first kappa shape index (κ1) is 14.9. The number of amides is 1. The molecule has 1 saturated heterocycles. The maximum absolute atomic E-state index is 12.6. The van der Waals surface area contributed by atoms with Gasteiger partial charge in [-0.15, -0.1) is 0 Å². The number of rotatable bonds is 5. The van der Waals surface area contributed by atoms with E-state index in [9.17, 15) is 9.90 Å². The first-order valence-corrected chi connectivity index (χ1v) is 9.42. The van der Waals surface area contributed by atoms with Crippen molar-refractivity contribution in [1.29, 1.82) is 0 Å². The topological polar surface area (TPSA) is 43.8 Å². The molecule has 3 aliphatic carbocycles. The average Bonchev–Trinajstić information content (AvgIpc) is 3.44. The average molecular weight is 306 g/mol. The molecular formula is C18H30N2O2. The highest BCUT2D eigenvalue weighted by molar-refractivity contribution is 5.76. The zero-order valence-electron chi connectivity index (χ0n) is 13.6. The summed E-state index contributed by atoms with van der Waals surface area (Å²) in [6.45, 7) is 3.63. The van der Waals surface area contributed by atoms with Gasteiger partial charge in [0.05, 0.1) is 6.10 Å². The standard InChI is InChI=1S/C18H30N2O2/c21-17-3-1-2-16(17)19-8-10-20(11-9-19)18(22)12-15(13-4-5-13)14-6-7-14/h13-17,21H,1-12H2/t16-,17+/m0/s1. The molecule has 4 fully saturated rings. The van der Waals surface area contributed by atoms with Crippen molar-refractivity contribution in [3.8, 4) is 0 Å². The Bertz CT molecular complexity index is 399. The van der Waals surface area contributed by atoms with Crippen molar-refractivity contribution in [3.05, 3.63) is 0 Å². The van der Waals surface area contributed by atoms with E-state index < -0.39 is 0 Å². The van der Waals surface area contributed by atoms with Crippen LogP contribution in [0.2, 0.25) is 0 Å². The largest absolute Gasteiger partial charge is 0.391 e.